The Hall–Kier alpha value is -4.00. The third kappa shape index (κ3) is 3.33. The second-order valence-corrected chi connectivity index (χ2v) is 6.42. The van der Waals surface area contributed by atoms with Gasteiger partial charge in [0.15, 0.2) is 5.78 Å². The average molecular weight is 373 g/mol. The van der Waals surface area contributed by atoms with E-state index < -0.39 is 4.92 Å². The fourth-order valence-electron chi connectivity index (χ4n) is 3.08. The van der Waals surface area contributed by atoms with Crippen molar-refractivity contribution in [1.82, 2.24) is 9.55 Å². The molecule has 0 unspecified atom stereocenters. The topological polar surface area (TPSA) is 98.0 Å². The van der Waals surface area contributed by atoms with E-state index in [1.807, 2.05) is 30.3 Å². The van der Waals surface area contributed by atoms with Crippen molar-refractivity contribution < 1.29 is 9.72 Å². The van der Waals surface area contributed by atoms with Crippen molar-refractivity contribution >= 4 is 22.4 Å². The minimum Gasteiger partial charge on any atom is -0.349 e. The summed E-state index contributed by atoms with van der Waals surface area (Å²) in [6.45, 7) is 0.327. The smallest absolute Gasteiger partial charge is 0.269 e. The molecular formula is C21H15N3O4. The predicted molar refractivity (Wildman–Crippen MR) is 105 cm³/mol. The zero-order valence-corrected chi connectivity index (χ0v) is 14.7. The maximum Gasteiger partial charge on any atom is 0.269 e. The van der Waals surface area contributed by atoms with Gasteiger partial charge in [-0.1, -0.05) is 18.2 Å². The summed E-state index contributed by atoms with van der Waals surface area (Å²) in [5.41, 5.74) is 1.94. The number of ketones is 1. The number of para-hydroxylation sites is 1. The second-order valence-electron chi connectivity index (χ2n) is 6.42. The fourth-order valence-corrected chi connectivity index (χ4v) is 3.08. The number of carbonyl (C=O) groups excluding carboxylic acids is 1. The van der Waals surface area contributed by atoms with Crippen molar-refractivity contribution in [3.05, 3.63) is 110 Å². The lowest BCUT2D eigenvalue weighted by Gasteiger charge is -2.05. The number of nitro benzene ring substituents is 1. The van der Waals surface area contributed by atoms with E-state index in [0.29, 0.717) is 23.2 Å². The van der Waals surface area contributed by atoms with Crippen LogP contribution in [-0.4, -0.2) is 20.3 Å². The van der Waals surface area contributed by atoms with Gasteiger partial charge < -0.3 is 9.55 Å². The summed E-state index contributed by atoms with van der Waals surface area (Å²) in [7, 11) is 0. The highest BCUT2D eigenvalue weighted by atomic mass is 16.6. The number of rotatable bonds is 5. The van der Waals surface area contributed by atoms with Gasteiger partial charge >= 0.3 is 0 Å². The number of fused-ring (bicyclic) bond motifs is 1. The van der Waals surface area contributed by atoms with Crippen LogP contribution >= 0.6 is 0 Å². The van der Waals surface area contributed by atoms with Gasteiger partial charge in [0.1, 0.15) is 0 Å². The number of non-ortho nitro benzene ring substituents is 1. The summed E-state index contributed by atoms with van der Waals surface area (Å²) < 4.78 is 1.76. The van der Waals surface area contributed by atoms with Crippen molar-refractivity contribution in [1.29, 1.82) is 0 Å². The SMILES string of the molecule is O=C(c1ccc([N+](=O)[O-])cc1)c1ccn(Cc2cc3ccccc3[nH]c2=O)c1. The molecule has 7 nitrogen and oxygen atoms in total. The number of aromatic amines is 1. The lowest BCUT2D eigenvalue weighted by molar-refractivity contribution is -0.384. The normalized spacial score (nSPS) is 10.9. The molecule has 0 amide bonds. The molecule has 28 heavy (non-hydrogen) atoms. The van der Waals surface area contributed by atoms with E-state index in [1.54, 1.807) is 23.0 Å². The molecule has 0 radical (unpaired) electrons. The van der Waals surface area contributed by atoms with Crippen LogP contribution in [0.4, 0.5) is 5.69 Å². The molecule has 138 valence electrons. The van der Waals surface area contributed by atoms with Crippen molar-refractivity contribution in [2.45, 2.75) is 6.54 Å². The molecule has 4 rings (SSSR count). The van der Waals surface area contributed by atoms with Crippen LogP contribution in [0.1, 0.15) is 21.5 Å². The number of pyridine rings is 1. The number of nitrogens with zero attached hydrogens (tertiary/aromatic N) is 2. The number of benzene rings is 2. The van der Waals surface area contributed by atoms with Crippen LogP contribution in [0.5, 0.6) is 0 Å². The summed E-state index contributed by atoms with van der Waals surface area (Å²) >= 11 is 0. The van der Waals surface area contributed by atoms with E-state index in [2.05, 4.69) is 4.98 Å². The Balaban J connectivity index is 1.57. The first kappa shape index (κ1) is 17.4. The van der Waals surface area contributed by atoms with Crippen molar-refractivity contribution in [2.24, 2.45) is 0 Å². The molecule has 4 aromatic rings. The predicted octanol–water partition coefficient (Wildman–Crippen LogP) is 3.52. The van der Waals surface area contributed by atoms with Gasteiger partial charge in [0.2, 0.25) is 0 Å². The molecule has 0 aliphatic heterocycles. The molecule has 0 atom stereocenters. The summed E-state index contributed by atoms with van der Waals surface area (Å²) in [5, 5.41) is 11.7. The van der Waals surface area contributed by atoms with Crippen molar-refractivity contribution in [2.75, 3.05) is 0 Å². The summed E-state index contributed by atoms with van der Waals surface area (Å²) in [6, 6.07) is 16.5. The van der Waals surface area contributed by atoms with Crippen molar-refractivity contribution in [3.63, 3.8) is 0 Å². The van der Waals surface area contributed by atoms with E-state index in [0.717, 1.165) is 10.9 Å². The van der Waals surface area contributed by atoms with Gasteiger partial charge in [-0.2, -0.15) is 0 Å². The lowest BCUT2D eigenvalue weighted by atomic mass is 10.1. The molecule has 0 fully saturated rings. The number of hydrogen-bond acceptors (Lipinski definition) is 4. The van der Waals surface area contributed by atoms with Crippen LogP contribution in [0.2, 0.25) is 0 Å². The van der Waals surface area contributed by atoms with Gasteiger partial charge in [-0.25, -0.2) is 0 Å². The summed E-state index contributed by atoms with van der Waals surface area (Å²) in [5.74, 6) is -0.235. The Kier molecular flexibility index (Phi) is 4.33. The molecule has 0 bridgehead atoms. The Bertz CT molecular complexity index is 1250. The first-order chi connectivity index (χ1) is 13.5. The first-order valence-corrected chi connectivity index (χ1v) is 8.57. The highest BCUT2D eigenvalue weighted by Crippen LogP contribution is 2.16. The Morgan fingerprint density at radius 1 is 1.04 bits per heavy atom. The third-order valence-corrected chi connectivity index (χ3v) is 4.54. The molecule has 2 aromatic carbocycles. The van der Waals surface area contributed by atoms with Crippen LogP contribution in [-0.2, 0) is 6.54 Å². The first-order valence-electron chi connectivity index (χ1n) is 8.57. The standard InChI is InChI=1S/C21H15N3O4/c25-20(14-5-7-18(8-6-14)24(27)28)16-9-10-23(12-16)13-17-11-15-3-1-2-4-19(15)22-21(17)26/h1-12H,13H2,(H,22,26). The molecule has 7 heteroatoms. The fraction of sp³-hybridized carbons (Fsp3) is 0.0476. The highest BCUT2D eigenvalue weighted by molar-refractivity contribution is 6.09. The Morgan fingerprint density at radius 2 is 1.79 bits per heavy atom. The quantitative estimate of drug-likeness (QED) is 0.329. The van der Waals surface area contributed by atoms with Gasteiger partial charge in [0.25, 0.3) is 11.2 Å². The molecule has 1 N–H and O–H groups in total. The van der Waals surface area contributed by atoms with Gasteiger partial charge in [0.05, 0.1) is 11.5 Å². The maximum absolute atomic E-state index is 12.6. The highest BCUT2D eigenvalue weighted by Gasteiger charge is 2.13. The minimum absolute atomic E-state index is 0.0651. The van der Waals surface area contributed by atoms with E-state index in [1.165, 1.54) is 24.3 Å². The maximum atomic E-state index is 12.6. The number of carbonyl (C=O) groups is 1. The molecule has 0 saturated carbocycles. The number of hydrogen-bond donors (Lipinski definition) is 1. The van der Waals surface area contributed by atoms with Crippen molar-refractivity contribution in [3.8, 4) is 0 Å². The van der Waals surface area contributed by atoms with Gasteiger partial charge in [-0.05, 0) is 35.7 Å². The van der Waals surface area contributed by atoms with E-state index in [9.17, 15) is 19.7 Å². The third-order valence-electron chi connectivity index (χ3n) is 4.54. The van der Waals surface area contributed by atoms with Crippen LogP contribution in [0.15, 0.2) is 77.9 Å². The number of aromatic nitrogens is 2. The molecule has 2 aromatic heterocycles. The summed E-state index contributed by atoms with van der Waals surface area (Å²) in [6.07, 6.45) is 3.39. The number of nitrogens with one attached hydrogen (secondary N) is 1. The second kappa shape index (κ2) is 6.96. The minimum atomic E-state index is -0.508. The van der Waals surface area contributed by atoms with E-state index in [-0.39, 0.29) is 17.0 Å². The monoisotopic (exact) mass is 373 g/mol. The van der Waals surface area contributed by atoms with Gasteiger partial charge in [-0.15, -0.1) is 0 Å². The zero-order chi connectivity index (χ0) is 19.7. The number of H-pyrrole nitrogens is 1. The molecule has 0 aliphatic rings. The Labute approximate surface area is 159 Å². The van der Waals surface area contributed by atoms with Crippen LogP contribution in [0.3, 0.4) is 0 Å². The van der Waals surface area contributed by atoms with Crippen LogP contribution in [0.25, 0.3) is 10.9 Å². The van der Waals surface area contributed by atoms with Crippen LogP contribution in [0, 0.1) is 10.1 Å². The Morgan fingerprint density at radius 3 is 2.54 bits per heavy atom. The molecule has 0 aliphatic carbocycles. The lowest BCUT2D eigenvalue weighted by Crippen LogP contribution is -2.15. The summed E-state index contributed by atoms with van der Waals surface area (Å²) in [4.78, 5) is 38.0. The van der Waals surface area contributed by atoms with E-state index in [4.69, 9.17) is 0 Å². The van der Waals surface area contributed by atoms with Gasteiger partial charge in [0, 0.05) is 46.7 Å². The number of nitro groups is 1. The largest absolute Gasteiger partial charge is 0.349 e. The molecule has 0 saturated heterocycles. The molecular weight excluding hydrogens is 358 g/mol. The average Bonchev–Trinajstić information content (AvgIpc) is 3.16. The van der Waals surface area contributed by atoms with Gasteiger partial charge in [-0.3, -0.25) is 19.7 Å². The zero-order valence-electron chi connectivity index (χ0n) is 14.7. The van der Waals surface area contributed by atoms with Crippen LogP contribution < -0.4 is 5.56 Å². The molecule has 2 heterocycles. The van der Waals surface area contributed by atoms with E-state index >= 15 is 0 Å². The molecule has 0 spiro atoms.